The maximum atomic E-state index is 12.3. The predicted octanol–water partition coefficient (Wildman–Crippen LogP) is 3.03. The van der Waals surface area contributed by atoms with Crippen LogP contribution in [0.15, 0.2) is 29.2 Å². The lowest BCUT2D eigenvalue weighted by molar-refractivity contribution is 0.108. The Kier molecular flexibility index (Phi) is 6.05. The minimum Gasteiger partial charge on any atom is -0.375 e. The SMILES string of the molecule is CCC[C@H](I)[C@@H]1C[C@H](NS(=O)(=O)c2ccc(C)cc2)CO1. The molecule has 4 nitrogen and oxygen atoms in total. The molecule has 1 aliphatic heterocycles. The van der Waals surface area contributed by atoms with Gasteiger partial charge in [0.1, 0.15) is 0 Å². The third-order valence-electron chi connectivity index (χ3n) is 3.65. The Labute approximate surface area is 140 Å². The molecular formula is C15H22INO3S. The molecule has 3 atom stereocenters. The van der Waals surface area contributed by atoms with Gasteiger partial charge in [-0.15, -0.1) is 0 Å². The van der Waals surface area contributed by atoms with Crippen molar-refractivity contribution in [2.75, 3.05) is 6.61 Å². The van der Waals surface area contributed by atoms with Crippen molar-refractivity contribution >= 4 is 32.6 Å². The van der Waals surface area contributed by atoms with E-state index in [4.69, 9.17) is 4.74 Å². The smallest absolute Gasteiger partial charge is 0.240 e. The van der Waals surface area contributed by atoms with Gasteiger partial charge < -0.3 is 4.74 Å². The largest absolute Gasteiger partial charge is 0.375 e. The Bertz CT molecular complexity index is 559. The van der Waals surface area contributed by atoms with E-state index in [0.717, 1.165) is 24.8 Å². The number of hydrogen-bond donors (Lipinski definition) is 1. The van der Waals surface area contributed by atoms with Crippen LogP contribution in [-0.4, -0.2) is 31.1 Å². The van der Waals surface area contributed by atoms with E-state index < -0.39 is 10.0 Å². The monoisotopic (exact) mass is 423 g/mol. The minimum atomic E-state index is -3.45. The fourth-order valence-electron chi connectivity index (χ4n) is 2.46. The Morgan fingerprint density at radius 2 is 2.05 bits per heavy atom. The van der Waals surface area contributed by atoms with Gasteiger partial charge in [-0.2, -0.15) is 0 Å². The van der Waals surface area contributed by atoms with E-state index in [9.17, 15) is 8.42 Å². The number of aryl methyl sites for hydroxylation is 1. The highest BCUT2D eigenvalue weighted by Gasteiger charge is 2.32. The molecule has 1 aromatic rings. The highest BCUT2D eigenvalue weighted by Crippen LogP contribution is 2.26. The van der Waals surface area contributed by atoms with Crippen molar-refractivity contribution in [1.29, 1.82) is 0 Å². The number of rotatable bonds is 6. The highest BCUT2D eigenvalue weighted by atomic mass is 127. The standard InChI is InChI=1S/C15H22INO3S/c1-3-4-14(16)15-9-12(10-20-15)17-21(18,19)13-7-5-11(2)6-8-13/h5-8,12,14-15,17H,3-4,9-10H2,1-2H3/t12-,14-,15-/m0/s1. The molecule has 0 unspecified atom stereocenters. The predicted molar refractivity (Wildman–Crippen MR) is 92.4 cm³/mol. The van der Waals surface area contributed by atoms with Crippen molar-refractivity contribution < 1.29 is 13.2 Å². The molecule has 1 aliphatic rings. The van der Waals surface area contributed by atoms with Crippen LogP contribution in [0.25, 0.3) is 0 Å². The maximum absolute atomic E-state index is 12.3. The Hall–Kier alpha value is -0.180. The number of nitrogens with one attached hydrogen (secondary N) is 1. The molecular weight excluding hydrogens is 401 g/mol. The molecule has 0 aromatic heterocycles. The summed E-state index contributed by atoms with van der Waals surface area (Å²) < 4.78 is 33.6. The molecule has 0 aliphatic carbocycles. The van der Waals surface area contributed by atoms with Gasteiger partial charge in [-0.25, -0.2) is 13.1 Å². The molecule has 118 valence electrons. The number of alkyl halides is 1. The van der Waals surface area contributed by atoms with Crippen LogP contribution in [0.2, 0.25) is 0 Å². The van der Waals surface area contributed by atoms with Gasteiger partial charge in [0.2, 0.25) is 10.0 Å². The molecule has 1 fully saturated rings. The van der Waals surface area contributed by atoms with Crippen LogP contribution in [-0.2, 0) is 14.8 Å². The first-order valence-corrected chi connectivity index (χ1v) is 10.00. The van der Waals surface area contributed by atoms with E-state index >= 15 is 0 Å². The van der Waals surface area contributed by atoms with Gasteiger partial charge in [-0.1, -0.05) is 53.6 Å². The van der Waals surface area contributed by atoms with E-state index in [1.165, 1.54) is 0 Å². The normalized spacial score (nSPS) is 24.1. The summed E-state index contributed by atoms with van der Waals surface area (Å²) in [5.41, 5.74) is 1.05. The second-order valence-corrected chi connectivity index (χ2v) is 8.86. The lowest BCUT2D eigenvalue weighted by Crippen LogP contribution is -2.35. The summed E-state index contributed by atoms with van der Waals surface area (Å²) >= 11 is 2.40. The molecule has 21 heavy (non-hydrogen) atoms. The van der Waals surface area contributed by atoms with Gasteiger partial charge in [-0.05, 0) is 31.9 Å². The quantitative estimate of drug-likeness (QED) is 0.566. The van der Waals surface area contributed by atoms with Crippen LogP contribution >= 0.6 is 22.6 Å². The summed E-state index contributed by atoms with van der Waals surface area (Å²) in [4.78, 5) is 0.316. The van der Waals surface area contributed by atoms with E-state index in [1.807, 2.05) is 19.1 Å². The van der Waals surface area contributed by atoms with E-state index in [2.05, 4.69) is 34.2 Å². The summed E-state index contributed by atoms with van der Waals surface area (Å²) in [5, 5.41) is 0. The first-order valence-electron chi connectivity index (χ1n) is 7.27. The van der Waals surface area contributed by atoms with Gasteiger partial charge >= 0.3 is 0 Å². The zero-order chi connectivity index (χ0) is 15.5. The molecule has 0 spiro atoms. The first kappa shape index (κ1) is 17.2. The van der Waals surface area contributed by atoms with E-state index in [0.29, 0.717) is 15.4 Å². The van der Waals surface area contributed by atoms with Gasteiger partial charge in [0.15, 0.2) is 0 Å². The van der Waals surface area contributed by atoms with Gasteiger partial charge in [0.25, 0.3) is 0 Å². The Balaban J connectivity index is 1.97. The number of benzene rings is 1. The lowest BCUT2D eigenvalue weighted by Gasteiger charge is -2.16. The third-order valence-corrected chi connectivity index (χ3v) is 6.61. The van der Waals surface area contributed by atoms with Crippen molar-refractivity contribution in [3.05, 3.63) is 29.8 Å². The molecule has 6 heteroatoms. The van der Waals surface area contributed by atoms with Crippen molar-refractivity contribution in [3.8, 4) is 0 Å². The highest BCUT2D eigenvalue weighted by molar-refractivity contribution is 14.1. The molecule has 0 radical (unpaired) electrons. The van der Waals surface area contributed by atoms with Crippen LogP contribution in [0.5, 0.6) is 0 Å². The Morgan fingerprint density at radius 1 is 1.38 bits per heavy atom. The second-order valence-electron chi connectivity index (χ2n) is 5.54. The second kappa shape index (κ2) is 7.39. The van der Waals surface area contributed by atoms with Gasteiger partial charge in [-0.3, -0.25) is 0 Å². The molecule has 1 heterocycles. The topological polar surface area (TPSA) is 55.4 Å². The molecule has 1 N–H and O–H groups in total. The summed E-state index contributed by atoms with van der Waals surface area (Å²) in [6.45, 7) is 4.55. The summed E-state index contributed by atoms with van der Waals surface area (Å²) in [7, 11) is -3.45. The van der Waals surface area contributed by atoms with Crippen LogP contribution < -0.4 is 4.72 Å². The summed E-state index contributed by atoms with van der Waals surface area (Å²) in [6.07, 6.45) is 3.12. The molecule has 2 rings (SSSR count). The molecule has 0 saturated carbocycles. The number of hydrogen-bond acceptors (Lipinski definition) is 3. The lowest BCUT2D eigenvalue weighted by atomic mass is 10.1. The van der Waals surface area contributed by atoms with Crippen molar-refractivity contribution in [1.82, 2.24) is 4.72 Å². The molecule has 0 amide bonds. The van der Waals surface area contributed by atoms with Crippen LogP contribution in [0.3, 0.4) is 0 Å². The van der Waals surface area contributed by atoms with Crippen molar-refractivity contribution in [2.24, 2.45) is 0 Å². The van der Waals surface area contributed by atoms with Gasteiger partial charge in [0, 0.05) is 9.97 Å². The average Bonchev–Trinajstić information content (AvgIpc) is 2.87. The van der Waals surface area contributed by atoms with Crippen molar-refractivity contribution in [2.45, 2.75) is 54.1 Å². The fourth-order valence-corrected chi connectivity index (χ4v) is 4.81. The Morgan fingerprint density at radius 3 is 2.67 bits per heavy atom. The number of sulfonamides is 1. The summed E-state index contributed by atoms with van der Waals surface area (Å²) in [5.74, 6) is 0. The first-order chi connectivity index (χ1) is 9.92. The fraction of sp³-hybridized carbons (Fsp3) is 0.600. The zero-order valence-corrected chi connectivity index (χ0v) is 15.4. The number of halogens is 1. The van der Waals surface area contributed by atoms with Crippen LogP contribution in [0.1, 0.15) is 31.7 Å². The molecule has 0 bridgehead atoms. The maximum Gasteiger partial charge on any atom is 0.240 e. The minimum absolute atomic E-state index is 0.129. The van der Waals surface area contributed by atoms with Crippen molar-refractivity contribution in [3.63, 3.8) is 0 Å². The zero-order valence-electron chi connectivity index (χ0n) is 12.4. The van der Waals surface area contributed by atoms with Crippen LogP contribution in [0.4, 0.5) is 0 Å². The average molecular weight is 423 g/mol. The van der Waals surface area contributed by atoms with Crippen LogP contribution in [0, 0.1) is 6.92 Å². The molecule has 1 saturated heterocycles. The van der Waals surface area contributed by atoms with E-state index in [1.54, 1.807) is 12.1 Å². The third kappa shape index (κ3) is 4.64. The number of ether oxygens (including phenoxy) is 1. The summed E-state index contributed by atoms with van der Waals surface area (Å²) in [6, 6.07) is 6.78. The van der Waals surface area contributed by atoms with Gasteiger partial charge in [0.05, 0.1) is 17.6 Å². The molecule has 1 aromatic carbocycles. The van der Waals surface area contributed by atoms with E-state index in [-0.39, 0.29) is 12.1 Å².